The highest BCUT2D eigenvalue weighted by Gasteiger charge is 2.12. The number of ether oxygens (including phenoxy) is 2. The largest absolute Gasteiger partial charge is 0.491 e. The minimum absolute atomic E-state index is 0.0133. The molecule has 4 aromatic rings. The van der Waals surface area contributed by atoms with Crippen molar-refractivity contribution in [1.82, 2.24) is 9.97 Å². The average Bonchev–Trinajstić information content (AvgIpc) is 2.82. The lowest BCUT2D eigenvalue weighted by atomic mass is 10.1. The summed E-state index contributed by atoms with van der Waals surface area (Å²) in [4.78, 5) is 20.2. The predicted octanol–water partition coefficient (Wildman–Crippen LogP) is 3.61. The zero-order chi connectivity index (χ0) is 23.2. The van der Waals surface area contributed by atoms with Gasteiger partial charge in [-0.15, -0.1) is 0 Å². The number of fused-ring (bicyclic) bond motifs is 1. The number of nitrogens with zero attached hydrogens (tertiary/aromatic N) is 2. The van der Waals surface area contributed by atoms with Gasteiger partial charge >= 0.3 is 0 Å². The van der Waals surface area contributed by atoms with Crippen molar-refractivity contribution in [2.24, 2.45) is 5.73 Å². The fourth-order valence-corrected chi connectivity index (χ4v) is 3.22. The van der Waals surface area contributed by atoms with Gasteiger partial charge in [0.1, 0.15) is 11.5 Å². The Labute approximate surface area is 190 Å². The molecule has 1 aromatic heterocycles. The van der Waals surface area contributed by atoms with Crippen LogP contribution in [-0.4, -0.2) is 34.2 Å². The maximum absolute atomic E-state index is 11.5. The molecule has 9 nitrogen and oxygen atoms in total. The normalized spacial score (nSPS) is 10.7. The molecular formula is C24H23N5O4. The fourth-order valence-electron chi connectivity index (χ4n) is 3.22. The maximum atomic E-state index is 11.5. The van der Waals surface area contributed by atoms with Gasteiger partial charge in [-0.2, -0.15) is 4.98 Å². The lowest BCUT2D eigenvalue weighted by Gasteiger charge is -2.14. The molecule has 1 heterocycles. The Morgan fingerprint density at radius 2 is 1.85 bits per heavy atom. The van der Waals surface area contributed by atoms with Crippen LogP contribution in [0.4, 0.5) is 17.3 Å². The SMILES string of the molecule is NC(=O)c1ccc(Nc2nccc(Oc3ccc(N)c4ccccc34)n2)c(OCCCO)c1. The van der Waals surface area contributed by atoms with E-state index in [1.165, 1.54) is 6.07 Å². The monoisotopic (exact) mass is 445 g/mol. The van der Waals surface area contributed by atoms with Gasteiger partial charge in [-0.1, -0.05) is 24.3 Å². The number of nitrogens with one attached hydrogen (secondary N) is 1. The molecule has 0 spiro atoms. The van der Waals surface area contributed by atoms with E-state index in [9.17, 15) is 4.79 Å². The van der Waals surface area contributed by atoms with Gasteiger partial charge in [0.05, 0.1) is 12.3 Å². The van der Waals surface area contributed by atoms with Crippen LogP contribution in [0.3, 0.4) is 0 Å². The molecule has 1 amide bonds. The van der Waals surface area contributed by atoms with E-state index >= 15 is 0 Å². The molecule has 33 heavy (non-hydrogen) atoms. The topological polar surface area (TPSA) is 146 Å². The molecular weight excluding hydrogens is 422 g/mol. The van der Waals surface area contributed by atoms with Crippen LogP contribution in [0.5, 0.6) is 17.4 Å². The van der Waals surface area contributed by atoms with Gasteiger partial charge in [-0.25, -0.2) is 4.98 Å². The summed E-state index contributed by atoms with van der Waals surface area (Å²) in [6.07, 6.45) is 2.00. The first-order chi connectivity index (χ1) is 16.0. The highest BCUT2D eigenvalue weighted by molar-refractivity contribution is 5.97. The zero-order valence-corrected chi connectivity index (χ0v) is 17.7. The predicted molar refractivity (Wildman–Crippen MR) is 126 cm³/mol. The first kappa shape index (κ1) is 21.8. The lowest BCUT2D eigenvalue weighted by Crippen LogP contribution is -2.12. The van der Waals surface area contributed by atoms with Gasteiger partial charge in [0, 0.05) is 47.3 Å². The van der Waals surface area contributed by atoms with Gasteiger partial charge < -0.3 is 31.4 Å². The standard InChI is InChI=1S/C24H23N5O4/c25-18-7-9-20(17-5-2-1-4-16(17)18)33-22-10-11-27-24(29-22)28-19-8-6-15(23(26)31)14-21(19)32-13-3-12-30/h1-2,4-11,14,30H,3,12-13,25H2,(H2,26,31)(H,27,28,29). The van der Waals surface area contributed by atoms with E-state index in [2.05, 4.69) is 15.3 Å². The quantitative estimate of drug-likeness (QED) is 0.226. The van der Waals surface area contributed by atoms with Gasteiger partial charge in [0.25, 0.3) is 0 Å². The van der Waals surface area contributed by atoms with Crippen LogP contribution in [0, 0.1) is 0 Å². The molecule has 0 bridgehead atoms. The first-order valence-corrected chi connectivity index (χ1v) is 10.3. The summed E-state index contributed by atoms with van der Waals surface area (Å²) < 4.78 is 11.7. The number of carbonyl (C=O) groups is 1. The van der Waals surface area contributed by atoms with Crippen molar-refractivity contribution in [3.05, 3.63) is 72.4 Å². The zero-order valence-electron chi connectivity index (χ0n) is 17.7. The van der Waals surface area contributed by atoms with Crippen molar-refractivity contribution in [3.8, 4) is 17.4 Å². The van der Waals surface area contributed by atoms with E-state index in [0.29, 0.717) is 40.7 Å². The minimum Gasteiger partial charge on any atom is -0.491 e. The molecule has 0 saturated heterocycles. The van der Waals surface area contributed by atoms with Crippen LogP contribution in [0.1, 0.15) is 16.8 Å². The summed E-state index contributed by atoms with van der Waals surface area (Å²) in [7, 11) is 0. The Kier molecular flexibility index (Phi) is 6.51. The van der Waals surface area contributed by atoms with Crippen molar-refractivity contribution in [1.29, 1.82) is 0 Å². The van der Waals surface area contributed by atoms with E-state index in [1.807, 2.05) is 24.3 Å². The Morgan fingerprint density at radius 3 is 2.64 bits per heavy atom. The first-order valence-electron chi connectivity index (χ1n) is 10.3. The van der Waals surface area contributed by atoms with Crippen LogP contribution >= 0.6 is 0 Å². The lowest BCUT2D eigenvalue weighted by molar-refractivity contribution is 0.0999. The van der Waals surface area contributed by atoms with Crippen molar-refractivity contribution in [2.75, 3.05) is 24.3 Å². The van der Waals surface area contributed by atoms with Crippen molar-refractivity contribution >= 4 is 34.0 Å². The molecule has 0 atom stereocenters. The molecule has 3 aromatic carbocycles. The van der Waals surface area contributed by atoms with E-state index in [1.54, 1.807) is 36.5 Å². The number of nitrogen functional groups attached to an aromatic ring is 1. The fraction of sp³-hybridized carbons (Fsp3) is 0.125. The van der Waals surface area contributed by atoms with E-state index in [0.717, 1.165) is 10.8 Å². The molecule has 0 aliphatic carbocycles. The number of primary amides is 1. The van der Waals surface area contributed by atoms with Gasteiger partial charge in [0.2, 0.25) is 17.7 Å². The van der Waals surface area contributed by atoms with Crippen LogP contribution in [0.25, 0.3) is 10.8 Å². The van der Waals surface area contributed by atoms with Crippen LogP contribution in [-0.2, 0) is 0 Å². The highest BCUT2D eigenvalue weighted by atomic mass is 16.5. The highest BCUT2D eigenvalue weighted by Crippen LogP contribution is 2.33. The van der Waals surface area contributed by atoms with Crippen LogP contribution in [0.2, 0.25) is 0 Å². The molecule has 4 rings (SSSR count). The number of hydrogen-bond donors (Lipinski definition) is 4. The Bertz CT molecular complexity index is 1300. The van der Waals surface area contributed by atoms with Crippen LogP contribution < -0.4 is 26.3 Å². The third kappa shape index (κ3) is 5.10. The number of amides is 1. The van der Waals surface area contributed by atoms with Crippen LogP contribution in [0.15, 0.2) is 66.9 Å². The number of carbonyl (C=O) groups excluding carboxylic acids is 1. The number of hydrogen-bond acceptors (Lipinski definition) is 8. The third-order valence-corrected chi connectivity index (χ3v) is 4.83. The number of anilines is 3. The molecule has 0 radical (unpaired) electrons. The Hall–Kier alpha value is -4.37. The second-order valence-corrected chi connectivity index (χ2v) is 7.14. The molecule has 0 aliphatic heterocycles. The number of aromatic nitrogens is 2. The summed E-state index contributed by atoms with van der Waals surface area (Å²) in [5.74, 6) is 1.03. The Morgan fingerprint density at radius 1 is 1.03 bits per heavy atom. The summed E-state index contributed by atoms with van der Waals surface area (Å²) >= 11 is 0. The molecule has 6 N–H and O–H groups in total. The average molecular weight is 445 g/mol. The third-order valence-electron chi connectivity index (χ3n) is 4.83. The summed E-state index contributed by atoms with van der Waals surface area (Å²) in [5, 5.41) is 13.8. The number of nitrogens with two attached hydrogens (primary N) is 2. The van der Waals surface area contributed by atoms with Gasteiger partial charge in [-0.3, -0.25) is 4.79 Å². The molecule has 168 valence electrons. The van der Waals surface area contributed by atoms with Crippen molar-refractivity contribution in [2.45, 2.75) is 6.42 Å². The number of aliphatic hydroxyl groups is 1. The number of aliphatic hydroxyl groups excluding tert-OH is 1. The molecule has 0 saturated carbocycles. The summed E-state index contributed by atoms with van der Waals surface area (Å²) in [5.41, 5.74) is 12.9. The summed E-state index contributed by atoms with van der Waals surface area (Å²) in [6.45, 7) is 0.252. The minimum atomic E-state index is -0.573. The molecule has 0 aliphatic rings. The number of rotatable bonds is 9. The Balaban J connectivity index is 1.59. The molecule has 0 fully saturated rings. The van der Waals surface area contributed by atoms with Gasteiger partial charge in [-0.05, 0) is 30.3 Å². The molecule has 0 unspecified atom stereocenters. The van der Waals surface area contributed by atoms with Crippen molar-refractivity contribution in [3.63, 3.8) is 0 Å². The molecule has 9 heteroatoms. The van der Waals surface area contributed by atoms with Crippen molar-refractivity contribution < 1.29 is 19.4 Å². The number of benzene rings is 3. The second-order valence-electron chi connectivity index (χ2n) is 7.14. The van der Waals surface area contributed by atoms with E-state index < -0.39 is 5.91 Å². The van der Waals surface area contributed by atoms with E-state index in [-0.39, 0.29) is 19.2 Å². The second kappa shape index (κ2) is 9.84. The summed E-state index contributed by atoms with van der Waals surface area (Å²) in [6, 6.07) is 17.7. The smallest absolute Gasteiger partial charge is 0.248 e. The maximum Gasteiger partial charge on any atom is 0.248 e. The van der Waals surface area contributed by atoms with Gasteiger partial charge in [0.15, 0.2) is 0 Å². The van der Waals surface area contributed by atoms with E-state index in [4.69, 9.17) is 26.0 Å².